The van der Waals surface area contributed by atoms with Crippen LogP contribution >= 0.6 is 0 Å². The summed E-state index contributed by atoms with van der Waals surface area (Å²) >= 11 is 0. The molecule has 14 heavy (non-hydrogen) atoms. The summed E-state index contributed by atoms with van der Waals surface area (Å²) in [6.07, 6.45) is 0. The maximum atomic E-state index is 2.12. The minimum absolute atomic E-state index is 0. The molecule has 0 aliphatic rings. The summed E-state index contributed by atoms with van der Waals surface area (Å²) in [4.78, 5) is 0. The average molecular weight is 194 g/mol. The van der Waals surface area contributed by atoms with Crippen molar-refractivity contribution < 1.29 is 9.41 Å². The maximum Gasteiger partial charge on any atom is -0.0184 e. The summed E-state index contributed by atoms with van der Waals surface area (Å²) < 4.78 is 0. The monoisotopic (exact) mass is 194 g/mol. The highest BCUT2D eigenvalue weighted by atomic mass is 19.0. The first-order valence-corrected chi connectivity index (χ1v) is 4.07. The van der Waals surface area contributed by atoms with Crippen LogP contribution in [0.3, 0.4) is 0 Å². The molecule has 0 N–H and O–H groups in total. The van der Waals surface area contributed by atoms with Gasteiger partial charge in [-0.05, 0) is 11.1 Å². The van der Waals surface area contributed by atoms with Gasteiger partial charge in [0, 0.05) is 0 Å². The first kappa shape index (κ1) is 12.3. The zero-order valence-electron chi connectivity index (χ0n) is 7.59. The third kappa shape index (κ3) is 2.66. The fourth-order valence-electron chi connectivity index (χ4n) is 1.26. The van der Waals surface area contributed by atoms with E-state index in [1.54, 1.807) is 0 Å². The number of hydrogen-bond donors (Lipinski definition) is 0. The molecule has 0 heterocycles. The number of benzene rings is 2. The first-order valence-electron chi connectivity index (χ1n) is 4.07. The predicted octanol–water partition coefficient (Wildman–Crippen LogP) is 3.66. The van der Waals surface area contributed by atoms with Gasteiger partial charge in [-0.25, -0.2) is 0 Å². The summed E-state index contributed by atoms with van der Waals surface area (Å²) in [6, 6.07) is 20.8. The van der Waals surface area contributed by atoms with E-state index in [0.717, 1.165) is 0 Å². The molecule has 0 saturated heterocycles. The second-order valence-corrected chi connectivity index (χ2v) is 2.73. The fraction of sp³-hybridized carbons (Fsp3) is 0. The topological polar surface area (TPSA) is 0 Å². The standard InChI is InChI=1S/C12H10.2FH/c1-3-7-11(8-4-1)12-9-5-2-6-10-12;;/h1-10H;2*1H. The van der Waals surface area contributed by atoms with Gasteiger partial charge in [0.05, 0.1) is 0 Å². The van der Waals surface area contributed by atoms with Crippen molar-refractivity contribution >= 4 is 0 Å². The summed E-state index contributed by atoms with van der Waals surface area (Å²) in [5, 5.41) is 0. The molecule has 0 radical (unpaired) electrons. The Morgan fingerprint density at radius 2 is 0.714 bits per heavy atom. The maximum absolute atomic E-state index is 2.12. The highest BCUT2D eigenvalue weighted by Gasteiger charge is 1.91. The second-order valence-electron chi connectivity index (χ2n) is 2.73. The highest BCUT2D eigenvalue weighted by molar-refractivity contribution is 5.62. The van der Waals surface area contributed by atoms with E-state index in [4.69, 9.17) is 0 Å². The molecule has 0 unspecified atom stereocenters. The molecule has 2 aromatic rings. The molecule has 0 spiro atoms. The highest BCUT2D eigenvalue weighted by Crippen LogP contribution is 2.17. The summed E-state index contributed by atoms with van der Waals surface area (Å²) in [5.74, 6) is 0. The summed E-state index contributed by atoms with van der Waals surface area (Å²) in [6.45, 7) is 0. The van der Waals surface area contributed by atoms with Crippen LogP contribution in [0.25, 0.3) is 11.1 Å². The normalized spacial score (nSPS) is 8.29. The van der Waals surface area contributed by atoms with Crippen molar-refractivity contribution in [3.8, 4) is 11.1 Å². The predicted molar refractivity (Wildman–Crippen MR) is 56.9 cm³/mol. The Morgan fingerprint density at radius 1 is 0.429 bits per heavy atom. The number of hydrogen-bond acceptors (Lipinski definition) is 0. The number of rotatable bonds is 1. The molecule has 0 nitrogen and oxygen atoms in total. The quantitative estimate of drug-likeness (QED) is 0.650. The Kier molecular flexibility index (Phi) is 5.15. The summed E-state index contributed by atoms with van der Waals surface area (Å²) in [5.41, 5.74) is 2.55. The van der Waals surface area contributed by atoms with Gasteiger partial charge < -0.3 is 0 Å². The molecule has 2 rings (SSSR count). The van der Waals surface area contributed by atoms with Gasteiger partial charge in [-0.3, -0.25) is 9.41 Å². The smallest absolute Gasteiger partial charge is 0.0184 e. The Morgan fingerprint density at radius 3 is 1.00 bits per heavy atom. The molecule has 0 aromatic heterocycles. The Bertz CT molecular complexity index is 306. The molecular formula is C12H12F2. The van der Waals surface area contributed by atoms with E-state index in [1.165, 1.54) is 11.1 Å². The fourth-order valence-corrected chi connectivity index (χ4v) is 1.26. The third-order valence-electron chi connectivity index (χ3n) is 1.88. The van der Waals surface area contributed by atoms with E-state index in [2.05, 4.69) is 48.5 Å². The van der Waals surface area contributed by atoms with Crippen LogP contribution in [-0.4, -0.2) is 0 Å². The van der Waals surface area contributed by atoms with Crippen molar-refractivity contribution in [2.75, 3.05) is 0 Å². The Labute approximate surface area is 81.9 Å². The van der Waals surface area contributed by atoms with Crippen LogP contribution in [-0.2, 0) is 0 Å². The van der Waals surface area contributed by atoms with Crippen molar-refractivity contribution in [2.24, 2.45) is 0 Å². The largest absolute Gasteiger partial charge is 0.269 e. The first-order chi connectivity index (χ1) is 5.97. The van der Waals surface area contributed by atoms with Gasteiger partial charge in [0.25, 0.3) is 0 Å². The Hall–Kier alpha value is -1.70. The minimum Gasteiger partial charge on any atom is -0.269 e. The molecule has 0 amide bonds. The van der Waals surface area contributed by atoms with E-state index >= 15 is 0 Å². The van der Waals surface area contributed by atoms with Crippen LogP contribution in [0, 0.1) is 0 Å². The van der Waals surface area contributed by atoms with E-state index in [1.807, 2.05) is 12.1 Å². The van der Waals surface area contributed by atoms with E-state index in [0.29, 0.717) is 0 Å². The van der Waals surface area contributed by atoms with E-state index in [9.17, 15) is 0 Å². The molecule has 2 aromatic carbocycles. The Balaban J connectivity index is 0.000000845. The lowest BCUT2D eigenvalue weighted by atomic mass is 10.1. The second kappa shape index (κ2) is 5.86. The van der Waals surface area contributed by atoms with Crippen LogP contribution < -0.4 is 0 Å². The van der Waals surface area contributed by atoms with Crippen molar-refractivity contribution in [1.29, 1.82) is 0 Å². The lowest BCUT2D eigenvalue weighted by Gasteiger charge is -1.98. The minimum atomic E-state index is 0. The molecule has 0 aliphatic heterocycles. The molecule has 0 fully saturated rings. The van der Waals surface area contributed by atoms with Crippen molar-refractivity contribution in [2.45, 2.75) is 0 Å². The zero-order chi connectivity index (χ0) is 8.23. The van der Waals surface area contributed by atoms with Gasteiger partial charge >= 0.3 is 0 Å². The van der Waals surface area contributed by atoms with Crippen LogP contribution in [0.2, 0.25) is 0 Å². The molecule has 0 bridgehead atoms. The van der Waals surface area contributed by atoms with E-state index in [-0.39, 0.29) is 9.41 Å². The van der Waals surface area contributed by atoms with E-state index < -0.39 is 0 Å². The van der Waals surface area contributed by atoms with Gasteiger partial charge in [-0.15, -0.1) is 0 Å². The van der Waals surface area contributed by atoms with Gasteiger partial charge in [-0.2, -0.15) is 0 Å². The van der Waals surface area contributed by atoms with Crippen LogP contribution in [0.4, 0.5) is 9.41 Å². The SMILES string of the molecule is F.F.c1ccc(-c2ccccc2)cc1. The van der Waals surface area contributed by atoms with Crippen LogP contribution in [0.15, 0.2) is 60.7 Å². The molecule has 2 heteroatoms. The van der Waals surface area contributed by atoms with Crippen LogP contribution in [0.1, 0.15) is 0 Å². The van der Waals surface area contributed by atoms with Gasteiger partial charge in [0.1, 0.15) is 0 Å². The molecule has 0 atom stereocenters. The van der Waals surface area contributed by atoms with Crippen molar-refractivity contribution in [1.82, 2.24) is 0 Å². The van der Waals surface area contributed by atoms with Gasteiger partial charge in [0.2, 0.25) is 0 Å². The third-order valence-corrected chi connectivity index (χ3v) is 1.88. The summed E-state index contributed by atoms with van der Waals surface area (Å²) in [7, 11) is 0. The average Bonchev–Trinajstić information content (AvgIpc) is 2.21. The molecular weight excluding hydrogens is 182 g/mol. The lowest BCUT2D eigenvalue weighted by Crippen LogP contribution is -1.73. The number of halogens is 2. The zero-order valence-corrected chi connectivity index (χ0v) is 7.59. The molecule has 0 saturated carbocycles. The van der Waals surface area contributed by atoms with Crippen LogP contribution in [0.5, 0.6) is 0 Å². The molecule has 74 valence electrons. The van der Waals surface area contributed by atoms with Gasteiger partial charge in [-0.1, -0.05) is 60.7 Å². The molecule has 0 aliphatic carbocycles. The van der Waals surface area contributed by atoms with Crippen molar-refractivity contribution in [3.63, 3.8) is 0 Å². The van der Waals surface area contributed by atoms with Crippen molar-refractivity contribution in [3.05, 3.63) is 60.7 Å². The van der Waals surface area contributed by atoms with Gasteiger partial charge in [0.15, 0.2) is 0 Å². The lowest BCUT2D eigenvalue weighted by molar-refractivity contribution is 1.11.